The van der Waals surface area contributed by atoms with Crippen molar-refractivity contribution in [2.24, 2.45) is 0 Å². The maximum absolute atomic E-state index is 9.89. The topological polar surface area (TPSA) is 44.8 Å². The SMILES string of the molecule is COc1ccc(CO[C]=O)c(OC)c1. The standard InChI is InChI=1S/C10H11O4/c1-12-9-4-3-8(6-14-7-11)10(5-9)13-2/h3-5H,6H2,1-2H3. The van der Waals surface area contributed by atoms with Crippen LogP contribution in [0.25, 0.3) is 0 Å². The lowest BCUT2D eigenvalue weighted by molar-refractivity contribution is 0.261. The van der Waals surface area contributed by atoms with Crippen LogP contribution < -0.4 is 9.47 Å². The number of benzene rings is 1. The van der Waals surface area contributed by atoms with E-state index < -0.39 is 0 Å². The van der Waals surface area contributed by atoms with E-state index in [0.717, 1.165) is 5.56 Å². The molecule has 75 valence electrons. The molecule has 0 fully saturated rings. The third-order valence-corrected chi connectivity index (χ3v) is 1.78. The molecule has 0 aromatic heterocycles. The Morgan fingerprint density at radius 3 is 2.64 bits per heavy atom. The van der Waals surface area contributed by atoms with Gasteiger partial charge in [-0.25, -0.2) is 4.79 Å². The van der Waals surface area contributed by atoms with E-state index >= 15 is 0 Å². The minimum Gasteiger partial charge on any atom is -0.497 e. The van der Waals surface area contributed by atoms with Crippen molar-refractivity contribution < 1.29 is 19.0 Å². The van der Waals surface area contributed by atoms with Gasteiger partial charge in [-0.1, -0.05) is 0 Å². The van der Waals surface area contributed by atoms with E-state index in [0.29, 0.717) is 11.5 Å². The lowest BCUT2D eigenvalue weighted by Crippen LogP contribution is -1.96. The third kappa shape index (κ3) is 2.39. The predicted octanol–water partition coefficient (Wildman–Crippen LogP) is 1.29. The van der Waals surface area contributed by atoms with Crippen LogP contribution in [0, 0.1) is 0 Å². The van der Waals surface area contributed by atoms with Crippen LogP contribution in [0.2, 0.25) is 0 Å². The summed E-state index contributed by atoms with van der Waals surface area (Å²) in [6, 6.07) is 5.27. The number of carbonyl (C=O) groups excluding carboxylic acids is 1. The number of hydrogen-bond donors (Lipinski definition) is 0. The molecule has 0 spiro atoms. The molecule has 1 rings (SSSR count). The molecule has 0 N–H and O–H groups in total. The van der Waals surface area contributed by atoms with Crippen molar-refractivity contribution in [3.05, 3.63) is 23.8 Å². The van der Waals surface area contributed by atoms with Gasteiger partial charge in [-0.3, -0.25) is 0 Å². The summed E-state index contributed by atoms with van der Waals surface area (Å²) < 4.78 is 14.6. The lowest BCUT2D eigenvalue weighted by Gasteiger charge is -2.08. The van der Waals surface area contributed by atoms with Crippen molar-refractivity contribution in [1.82, 2.24) is 0 Å². The van der Waals surface area contributed by atoms with Crippen molar-refractivity contribution in [2.45, 2.75) is 6.61 Å². The van der Waals surface area contributed by atoms with E-state index in [9.17, 15) is 4.79 Å². The fraction of sp³-hybridized carbons (Fsp3) is 0.300. The number of ether oxygens (including phenoxy) is 3. The summed E-state index contributed by atoms with van der Waals surface area (Å²) in [7, 11) is 3.12. The second-order valence-electron chi connectivity index (χ2n) is 2.55. The Kier molecular flexibility index (Phi) is 3.79. The summed E-state index contributed by atoms with van der Waals surface area (Å²) >= 11 is 0. The minimum atomic E-state index is 0.149. The zero-order chi connectivity index (χ0) is 10.4. The highest BCUT2D eigenvalue weighted by Gasteiger charge is 2.04. The fourth-order valence-corrected chi connectivity index (χ4v) is 1.08. The molecule has 4 heteroatoms. The average Bonchev–Trinajstić information content (AvgIpc) is 2.26. The van der Waals surface area contributed by atoms with Gasteiger partial charge in [0, 0.05) is 11.6 Å². The summed E-state index contributed by atoms with van der Waals surface area (Å²) in [5.74, 6) is 1.32. The molecule has 0 atom stereocenters. The first kappa shape index (κ1) is 10.4. The Bertz CT molecular complexity index is 309. The highest BCUT2D eigenvalue weighted by molar-refractivity contribution is 5.43. The van der Waals surface area contributed by atoms with Crippen LogP contribution in [-0.4, -0.2) is 20.7 Å². The Balaban J connectivity index is 2.87. The van der Waals surface area contributed by atoms with Crippen molar-refractivity contribution in [3.8, 4) is 11.5 Å². The Labute approximate surface area is 82.4 Å². The quantitative estimate of drug-likeness (QED) is 0.710. The van der Waals surface area contributed by atoms with Crippen LogP contribution in [0.1, 0.15) is 5.56 Å². The van der Waals surface area contributed by atoms with Gasteiger partial charge >= 0.3 is 6.47 Å². The minimum absolute atomic E-state index is 0.149. The Morgan fingerprint density at radius 1 is 1.29 bits per heavy atom. The summed E-state index contributed by atoms with van der Waals surface area (Å²) in [4.78, 5) is 9.89. The van der Waals surface area contributed by atoms with Crippen molar-refractivity contribution >= 4 is 6.47 Å². The van der Waals surface area contributed by atoms with Crippen molar-refractivity contribution in [3.63, 3.8) is 0 Å². The highest BCUT2D eigenvalue weighted by Crippen LogP contribution is 2.24. The summed E-state index contributed by atoms with van der Waals surface area (Å²) in [6.45, 7) is 1.51. The van der Waals surface area contributed by atoms with Crippen LogP contribution in [-0.2, 0) is 16.1 Å². The molecular formula is C10H11O4. The molecule has 0 aliphatic heterocycles. The maximum Gasteiger partial charge on any atom is 0.417 e. The highest BCUT2D eigenvalue weighted by atomic mass is 16.5. The second kappa shape index (κ2) is 5.11. The first-order valence-electron chi connectivity index (χ1n) is 4.01. The number of hydrogen-bond acceptors (Lipinski definition) is 4. The van der Waals surface area contributed by atoms with Gasteiger partial charge in [-0.2, -0.15) is 0 Å². The smallest absolute Gasteiger partial charge is 0.417 e. The number of rotatable bonds is 5. The van der Waals surface area contributed by atoms with E-state index in [2.05, 4.69) is 4.74 Å². The van der Waals surface area contributed by atoms with Crippen LogP contribution in [0.3, 0.4) is 0 Å². The lowest BCUT2D eigenvalue weighted by atomic mass is 10.2. The predicted molar refractivity (Wildman–Crippen MR) is 50.0 cm³/mol. The van der Waals surface area contributed by atoms with Crippen LogP contribution in [0.15, 0.2) is 18.2 Å². The van der Waals surface area contributed by atoms with E-state index in [4.69, 9.17) is 9.47 Å². The van der Waals surface area contributed by atoms with Crippen LogP contribution >= 0.6 is 0 Å². The zero-order valence-electron chi connectivity index (χ0n) is 8.07. The molecule has 14 heavy (non-hydrogen) atoms. The van der Waals surface area contributed by atoms with Crippen LogP contribution in [0.5, 0.6) is 11.5 Å². The third-order valence-electron chi connectivity index (χ3n) is 1.78. The molecule has 0 saturated carbocycles. The first-order valence-corrected chi connectivity index (χ1v) is 4.01. The van der Waals surface area contributed by atoms with Crippen LogP contribution in [0.4, 0.5) is 0 Å². The molecule has 0 amide bonds. The van der Waals surface area contributed by atoms with Gasteiger partial charge in [0.05, 0.1) is 14.2 Å². The molecule has 1 aromatic rings. The van der Waals surface area contributed by atoms with Gasteiger partial charge in [0.2, 0.25) is 0 Å². The normalized spacial score (nSPS) is 9.29. The molecule has 0 aliphatic carbocycles. The van der Waals surface area contributed by atoms with Crippen molar-refractivity contribution in [1.29, 1.82) is 0 Å². The van der Waals surface area contributed by atoms with Gasteiger partial charge < -0.3 is 14.2 Å². The summed E-state index contributed by atoms with van der Waals surface area (Å²) in [5.41, 5.74) is 0.775. The molecule has 0 unspecified atom stereocenters. The average molecular weight is 195 g/mol. The van der Waals surface area contributed by atoms with Gasteiger partial charge in [-0.15, -0.1) is 0 Å². The van der Waals surface area contributed by atoms with Gasteiger partial charge in [-0.05, 0) is 12.1 Å². The Morgan fingerprint density at radius 2 is 2.07 bits per heavy atom. The fourth-order valence-electron chi connectivity index (χ4n) is 1.08. The Hall–Kier alpha value is -1.71. The number of methoxy groups -OCH3 is 2. The molecule has 4 nitrogen and oxygen atoms in total. The summed E-state index contributed by atoms with van der Waals surface area (Å²) in [6.07, 6.45) is 0. The van der Waals surface area contributed by atoms with E-state index in [1.807, 2.05) is 0 Å². The van der Waals surface area contributed by atoms with E-state index in [1.54, 1.807) is 32.4 Å². The molecule has 0 saturated heterocycles. The largest absolute Gasteiger partial charge is 0.497 e. The van der Waals surface area contributed by atoms with E-state index in [-0.39, 0.29) is 6.61 Å². The zero-order valence-corrected chi connectivity index (χ0v) is 8.07. The second-order valence-corrected chi connectivity index (χ2v) is 2.55. The monoisotopic (exact) mass is 195 g/mol. The van der Waals surface area contributed by atoms with Crippen molar-refractivity contribution in [2.75, 3.05) is 14.2 Å². The molecule has 1 radical (unpaired) electrons. The van der Waals surface area contributed by atoms with Gasteiger partial charge in [0.1, 0.15) is 18.1 Å². The molecule has 0 aliphatic rings. The first-order chi connectivity index (χ1) is 6.81. The molecule has 0 bridgehead atoms. The maximum atomic E-state index is 9.89. The molecule has 1 aromatic carbocycles. The van der Waals surface area contributed by atoms with Gasteiger partial charge in [0.25, 0.3) is 0 Å². The molecular weight excluding hydrogens is 184 g/mol. The van der Waals surface area contributed by atoms with Gasteiger partial charge in [0.15, 0.2) is 0 Å². The van der Waals surface area contributed by atoms with E-state index in [1.165, 1.54) is 6.47 Å². The molecule has 0 heterocycles. The summed E-state index contributed by atoms with van der Waals surface area (Å²) in [5, 5.41) is 0.